The van der Waals surface area contributed by atoms with E-state index in [4.69, 9.17) is 4.74 Å². The maximum Gasteiger partial charge on any atom is 0.270 e. The number of ether oxygens (including phenoxy) is 1. The maximum atomic E-state index is 12.1. The van der Waals surface area contributed by atoms with Gasteiger partial charge < -0.3 is 4.74 Å². The van der Waals surface area contributed by atoms with Gasteiger partial charge in [0, 0.05) is 0 Å². The quantitative estimate of drug-likeness (QED) is 0.865. The molecule has 1 aromatic carbocycles. The van der Waals surface area contributed by atoms with Crippen molar-refractivity contribution in [3.05, 3.63) is 29.8 Å². The highest BCUT2D eigenvalue weighted by atomic mass is 16.5. The minimum atomic E-state index is -0.309. The summed E-state index contributed by atoms with van der Waals surface area (Å²) < 4.78 is 5.80. The average Bonchev–Trinajstić information content (AvgIpc) is 2.87. The van der Waals surface area contributed by atoms with Gasteiger partial charge in [0.25, 0.3) is 11.9 Å². The molecule has 7 nitrogen and oxygen atoms in total. The highest BCUT2D eigenvalue weighted by Crippen LogP contribution is 2.27. The summed E-state index contributed by atoms with van der Waals surface area (Å²) in [5.41, 5.74) is 0.471. The molecular formula is C12H13N5O2. The summed E-state index contributed by atoms with van der Waals surface area (Å²) in [6.45, 7) is 0. The molecule has 0 aliphatic heterocycles. The van der Waals surface area contributed by atoms with Crippen LogP contribution in [0.15, 0.2) is 24.3 Å². The fourth-order valence-electron chi connectivity index (χ4n) is 1.81. The number of amides is 1. The Labute approximate surface area is 109 Å². The van der Waals surface area contributed by atoms with Gasteiger partial charge in [-0.25, -0.2) is 0 Å². The zero-order chi connectivity index (χ0) is 13.1. The van der Waals surface area contributed by atoms with E-state index < -0.39 is 0 Å². The second-order valence-electron chi connectivity index (χ2n) is 4.36. The zero-order valence-electron chi connectivity index (χ0n) is 10.2. The first-order chi connectivity index (χ1) is 9.33. The van der Waals surface area contributed by atoms with Crippen LogP contribution in [0.2, 0.25) is 0 Å². The highest BCUT2D eigenvalue weighted by molar-refractivity contribution is 6.05. The van der Waals surface area contributed by atoms with E-state index >= 15 is 0 Å². The summed E-state index contributed by atoms with van der Waals surface area (Å²) in [5.74, 6) is 0.424. The first-order valence-electron chi connectivity index (χ1n) is 6.13. The van der Waals surface area contributed by atoms with Gasteiger partial charge in [-0.05, 0) is 36.6 Å². The molecule has 2 N–H and O–H groups in total. The number of aromatic nitrogens is 4. The molecule has 0 unspecified atom stereocenters. The molecule has 0 radical (unpaired) electrons. The van der Waals surface area contributed by atoms with Gasteiger partial charge in [0.15, 0.2) is 0 Å². The number of nitrogens with zero attached hydrogens (tertiary/aromatic N) is 3. The molecule has 1 aliphatic rings. The van der Waals surface area contributed by atoms with Crippen LogP contribution in [0, 0.1) is 0 Å². The number of anilines is 1. The van der Waals surface area contributed by atoms with Crippen molar-refractivity contribution in [3.63, 3.8) is 0 Å². The number of H-pyrrole nitrogens is 1. The summed E-state index contributed by atoms with van der Waals surface area (Å²) >= 11 is 0. The fourth-order valence-corrected chi connectivity index (χ4v) is 1.81. The van der Waals surface area contributed by atoms with Crippen LogP contribution in [-0.2, 0) is 0 Å². The largest absolute Gasteiger partial charge is 0.490 e. The third kappa shape index (κ3) is 2.54. The Morgan fingerprint density at radius 3 is 2.89 bits per heavy atom. The van der Waals surface area contributed by atoms with Crippen LogP contribution in [-0.4, -0.2) is 32.6 Å². The van der Waals surface area contributed by atoms with Crippen LogP contribution in [0.25, 0.3) is 0 Å². The lowest BCUT2D eigenvalue weighted by molar-refractivity contribution is 0.0991. The van der Waals surface area contributed by atoms with Gasteiger partial charge in [0.2, 0.25) is 0 Å². The Bertz CT molecular complexity index is 565. The summed E-state index contributed by atoms with van der Waals surface area (Å²) in [5, 5.41) is 15.6. The molecule has 98 valence electrons. The lowest BCUT2D eigenvalue weighted by Gasteiger charge is -2.27. The Balaban J connectivity index is 1.76. The predicted molar refractivity (Wildman–Crippen MR) is 66.8 cm³/mol. The van der Waals surface area contributed by atoms with E-state index in [0.717, 1.165) is 12.8 Å². The molecule has 1 fully saturated rings. The Hall–Kier alpha value is -2.44. The second kappa shape index (κ2) is 5.05. The smallest absolute Gasteiger partial charge is 0.270 e. The van der Waals surface area contributed by atoms with Gasteiger partial charge in [0.05, 0.1) is 11.7 Å². The molecule has 1 heterocycles. The van der Waals surface area contributed by atoms with Crippen molar-refractivity contribution in [1.82, 2.24) is 20.6 Å². The van der Waals surface area contributed by atoms with Crippen molar-refractivity contribution in [2.24, 2.45) is 0 Å². The molecule has 0 spiro atoms. The van der Waals surface area contributed by atoms with Crippen LogP contribution >= 0.6 is 0 Å². The third-order valence-corrected chi connectivity index (χ3v) is 3.05. The van der Waals surface area contributed by atoms with Gasteiger partial charge in [-0.2, -0.15) is 5.21 Å². The molecular weight excluding hydrogens is 246 g/mol. The second-order valence-corrected chi connectivity index (χ2v) is 4.36. The van der Waals surface area contributed by atoms with Crippen molar-refractivity contribution in [1.29, 1.82) is 0 Å². The molecule has 0 saturated heterocycles. The van der Waals surface area contributed by atoms with Crippen molar-refractivity contribution >= 4 is 11.9 Å². The number of hydrogen-bond donors (Lipinski definition) is 2. The van der Waals surface area contributed by atoms with Gasteiger partial charge >= 0.3 is 0 Å². The molecule has 19 heavy (non-hydrogen) atoms. The van der Waals surface area contributed by atoms with Gasteiger partial charge in [-0.3, -0.25) is 10.1 Å². The zero-order valence-corrected chi connectivity index (χ0v) is 10.2. The minimum Gasteiger partial charge on any atom is -0.490 e. The van der Waals surface area contributed by atoms with E-state index in [-0.39, 0.29) is 18.0 Å². The van der Waals surface area contributed by atoms with Crippen LogP contribution in [0.4, 0.5) is 5.95 Å². The number of rotatable bonds is 4. The van der Waals surface area contributed by atoms with Crippen molar-refractivity contribution in [3.8, 4) is 5.75 Å². The number of benzene rings is 1. The molecule has 1 aromatic heterocycles. The molecule has 0 bridgehead atoms. The van der Waals surface area contributed by atoms with E-state index in [0.29, 0.717) is 11.3 Å². The van der Waals surface area contributed by atoms with Crippen LogP contribution in [0.3, 0.4) is 0 Å². The molecule has 7 heteroatoms. The number of tetrazole rings is 1. The number of para-hydroxylation sites is 1. The van der Waals surface area contributed by atoms with Crippen molar-refractivity contribution in [2.75, 3.05) is 5.32 Å². The molecule has 2 aromatic rings. The Kier molecular flexibility index (Phi) is 3.09. The van der Waals surface area contributed by atoms with E-state index in [2.05, 4.69) is 25.9 Å². The maximum absolute atomic E-state index is 12.1. The lowest BCUT2D eigenvalue weighted by Crippen LogP contribution is -2.26. The predicted octanol–water partition coefficient (Wildman–Crippen LogP) is 1.38. The van der Waals surface area contributed by atoms with E-state index in [1.54, 1.807) is 18.2 Å². The van der Waals surface area contributed by atoms with Crippen molar-refractivity contribution in [2.45, 2.75) is 25.4 Å². The normalized spacial score (nSPS) is 14.7. The van der Waals surface area contributed by atoms with E-state index in [9.17, 15) is 4.79 Å². The molecule has 3 rings (SSSR count). The molecule has 1 saturated carbocycles. The van der Waals surface area contributed by atoms with E-state index in [1.807, 2.05) is 6.07 Å². The SMILES string of the molecule is O=C(Nc1nn[nH]n1)c1ccccc1OC1CCC1. The average molecular weight is 259 g/mol. The monoisotopic (exact) mass is 259 g/mol. The lowest BCUT2D eigenvalue weighted by atomic mass is 9.96. The summed E-state index contributed by atoms with van der Waals surface area (Å²) in [6.07, 6.45) is 3.49. The first-order valence-corrected chi connectivity index (χ1v) is 6.13. The number of carbonyl (C=O) groups excluding carboxylic acids is 1. The summed E-state index contributed by atoms with van der Waals surface area (Å²) in [6, 6.07) is 7.14. The minimum absolute atomic E-state index is 0.142. The number of hydrogen-bond acceptors (Lipinski definition) is 5. The van der Waals surface area contributed by atoms with Crippen LogP contribution < -0.4 is 10.1 Å². The number of nitrogens with one attached hydrogen (secondary N) is 2. The number of aromatic amines is 1. The molecule has 1 amide bonds. The summed E-state index contributed by atoms with van der Waals surface area (Å²) in [4.78, 5) is 12.1. The topological polar surface area (TPSA) is 92.8 Å². The standard InChI is InChI=1S/C12H13N5O2/c18-11(13-12-14-16-17-15-12)9-6-1-2-7-10(9)19-8-4-3-5-8/h1-2,6-8H,3-5H2,(H2,13,14,15,16,17,18). The fraction of sp³-hybridized carbons (Fsp3) is 0.333. The van der Waals surface area contributed by atoms with Gasteiger partial charge in [0.1, 0.15) is 5.75 Å². The number of carbonyl (C=O) groups is 1. The Morgan fingerprint density at radius 1 is 1.37 bits per heavy atom. The van der Waals surface area contributed by atoms with Gasteiger partial charge in [-0.1, -0.05) is 17.2 Å². The summed E-state index contributed by atoms with van der Waals surface area (Å²) in [7, 11) is 0. The van der Waals surface area contributed by atoms with Gasteiger partial charge in [-0.15, -0.1) is 5.10 Å². The first kappa shape index (κ1) is 11.6. The van der Waals surface area contributed by atoms with Crippen molar-refractivity contribution < 1.29 is 9.53 Å². The highest BCUT2D eigenvalue weighted by Gasteiger charge is 2.22. The Morgan fingerprint density at radius 2 is 2.21 bits per heavy atom. The van der Waals surface area contributed by atoms with Crippen LogP contribution in [0.1, 0.15) is 29.6 Å². The van der Waals surface area contributed by atoms with Crippen LogP contribution in [0.5, 0.6) is 5.75 Å². The molecule has 0 atom stereocenters. The van der Waals surface area contributed by atoms with E-state index in [1.165, 1.54) is 6.42 Å². The third-order valence-electron chi connectivity index (χ3n) is 3.05. The molecule has 1 aliphatic carbocycles.